The fourth-order valence-electron chi connectivity index (χ4n) is 6.98. The molecule has 170 valence electrons. The number of hydrogen-bond donors (Lipinski definition) is 2. The summed E-state index contributed by atoms with van der Waals surface area (Å²) in [7, 11) is 0. The lowest BCUT2D eigenvalue weighted by Gasteiger charge is -2.55. The predicted octanol–water partition coefficient (Wildman–Crippen LogP) is 4.18. The third kappa shape index (κ3) is 4.68. The van der Waals surface area contributed by atoms with E-state index in [1.165, 1.54) is 56.3 Å². The largest absolute Gasteiger partial charge is 0.344 e. The van der Waals surface area contributed by atoms with Crippen molar-refractivity contribution in [2.75, 3.05) is 18.4 Å². The van der Waals surface area contributed by atoms with Crippen molar-refractivity contribution in [3.05, 3.63) is 11.1 Å². The SMILES string of the molecule is C[C@H](NC(=O)C12CC3CC(CC(C3)C1)C2)C(=O)Nc1nc(CN2CCCCCC2)cs1. The van der Waals surface area contributed by atoms with Crippen molar-refractivity contribution in [3.8, 4) is 0 Å². The van der Waals surface area contributed by atoms with Gasteiger partial charge in [0.1, 0.15) is 6.04 Å². The number of carbonyl (C=O) groups is 2. The van der Waals surface area contributed by atoms with Gasteiger partial charge in [-0.25, -0.2) is 4.98 Å². The van der Waals surface area contributed by atoms with Gasteiger partial charge in [0.05, 0.1) is 5.69 Å². The van der Waals surface area contributed by atoms with Gasteiger partial charge in [-0.3, -0.25) is 14.5 Å². The number of anilines is 1. The van der Waals surface area contributed by atoms with Crippen LogP contribution in [0.1, 0.15) is 76.8 Å². The molecule has 0 radical (unpaired) electrons. The minimum atomic E-state index is -0.543. The molecular weight excluding hydrogens is 408 g/mol. The standard InChI is InChI=1S/C24H36N4O2S/c1-16(25-22(30)24-11-17-8-18(12-24)10-19(9-17)13-24)21(29)27-23-26-20(15-31-23)14-28-6-4-2-3-5-7-28/h15-19H,2-14H2,1H3,(H,25,30)(H,26,27,29)/t16-,17?,18?,19?,24?/m0/s1. The lowest BCUT2D eigenvalue weighted by molar-refractivity contribution is -0.147. The monoisotopic (exact) mass is 444 g/mol. The zero-order chi connectivity index (χ0) is 21.4. The van der Waals surface area contributed by atoms with Crippen LogP contribution in [0.3, 0.4) is 0 Å². The van der Waals surface area contributed by atoms with Crippen molar-refractivity contribution in [2.45, 2.75) is 83.7 Å². The van der Waals surface area contributed by atoms with Gasteiger partial charge >= 0.3 is 0 Å². The maximum atomic E-state index is 13.2. The van der Waals surface area contributed by atoms with E-state index in [0.717, 1.165) is 62.3 Å². The third-order valence-corrected chi connectivity index (χ3v) is 8.93. The van der Waals surface area contributed by atoms with Crippen LogP contribution < -0.4 is 10.6 Å². The van der Waals surface area contributed by atoms with E-state index < -0.39 is 6.04 Å². The fraction of sp³-hybridized carbons (Fsp3) is 0.792. The maximum Gasteiger partial charge on any atom is 0.248 e. The van der Waals surface area contributed by atoms with Crippen LogP contribution >= 0.6 is 11.3 Å². The Balaban J connectivity index is 1.14. The first-order chi connectivity index (χ1) is 15.0. The molecule has 1 aliphatic heterocycles. The highest BCUT2D eigenvalue weighted by molar-refractivity contribution is 7.13. The number of likely N-dealkylation sites (tertiary alicyclic amines) is 1. The summed E-state index contributed by atoms with van der Waals surface area (Å²) in [6, 6.07) is -0.543. The lowest BCUT2D eigenvalue weighted by atomic mass is 9.49. The Morgan fingerprint density at radius 2 is 1.71 bits per heavy atom. The summed E-state index contributed by atoms with van der Waals surface area (Å²) in [6.45, 7) is 4.91. The van der Waals surface area contributed by atoms with Crippen molar-refractivity contribution in [2.24, 2.45) is 23.2 Å². The first-order valence-electron chi connectivity index (χ1n) is 12.3. The van der Waals surface area contributed by atoms with Gasteiger partial charge in [0.2, 0.25) is 11.8 Å². The van der Waals surface area contributed by atoms with Crippen molar-refractivity contribution in [1.82, 2.24) is 15.2 Å². The second-order valence-corrected chi connectivity index (χ2v) is 11.6. The number of nitrogens with one attached hydrogen (secondary N) is 2. The van der Waals surface area contributed by atoms with Gasteiger partial charge in [0, 0.05) is 17.3 Å². The van der Waals surface area contributed by atoms with Crippen LogP contribution in [0.2, 0.25) is 0 Å². The van der Waals surface area contributed by atoms with Gasteiger partial charge in [-0.1, -0.05) is 12.8 Å². The van der Waals surface area contributed by atoms with Crippen molar-refractivity contribution >= 4 is 28.3 Å². The summed E-state index contributed by atoms with van der Waals surface area (Å²) < 4.78 is 0. The summed E-state index contributed by atoms with van der Waals surface area (Å²) >= 11 is 1.47. The Labute approximate surface area is 189 Å². The second kappa shape index (κ2) is 8.81. The number of hydrogen-bond acceptors (Lipinski definition) is 5. The van der Waals surface area contributed by atoms with E-state index in [4.69, 9.17) is 0 Å². The number of nitrogens with zero attached hydrogens (tertiary/aromatic N) is 2. The molecule has 0 aromatic carbocycles. The molecule has 2 heterocycles. The zero-order valence-corrected chi connectivity index (χ0v) is 19.5. The minimum absolute atomic E-state index is 0.107. The van der Waals surface area contributed by atoms with Crippen LogP contribution in [0, 0.1) is 23.2 Å². The highest BCUT2D eigenvalue weighted by Crippen LogP contribution is 2.60. The van der Waals surface area contributed by atoms with Crippen LogP contribution in [0.15, 0.2) is 5.38 Å². The summed E-state index contributed by atoms with van der Waals surface area (Å²) in [6.07, 6.45) is 12.2. The van der Waals surface area contributed by atoms with Gasteiger partial charge in [-0.05, 0) is 89.1 Å². The topological polar surface area (TPSA) is 74.3 Å². The summed E-state index contributed by atoms with van der Waals surface area (Å²) in [4.78, 5) is 33.0. The van der Waals surface area contributed by atoms with Gasteiger partial charge in [-0.15, -0.1) is 11.3 Å². The summed E-state index contributed by atoms with van der Waals surface area (Å²) in [5.74, 6) is 2.10. The van der Waals surface area contributed by atoms with E-state index in [1.807, 2.05) is 5.38 Å². The molecule has 6 nitrogen and oxygen atoms in total. The van der Waals surface area contributed by atoms with Gasteiger partial charge in [-0.2, -0.15) is 0 Å². The smallest absolute Gasteiger partial charge is 0.248 e. The van der Waals surface area contributed by atoms with E-state index in [-0.39, 0.29) is 17.2 Å². The van der Waals surface area contributed by atoms with Crippen LogP contribution in [0.5, 0.6) is 0 Å². The molecule has 31 heavy (non-hydrogen) atoms. The number of carbonyl (C=O) groups excluding carboxylic acids is 2. The molecule has 1 saturated heterocycles. The Morgan fingerprint density at radius 3 is 2.32 bits per heavy atom. The molecule has 5 fully saturated rings. The molecule has 4 bridgehead atoms. The second-order valence-electron chi connectivity index (χ2n) is 10.7. The van der Waals surface area contributed by atoms with Gasteiger partial charge < -0.3 is 10.6 Å². The first-order valence-corrected chi connectivity index (χ1v) is 13.2. The quantitative estimate of drug-likeness (QED) is 0.690. The number of thiazole rings is 1. The number of rotatable bonds is 6. The highest BCUT2D eigenvalue weighted by Gasteiger charge is 2.54. The van der Waals surface area contributed by atoms with E-state index in [2.05, 4.69) is 20.5 Å². The fourth-order valence-corrected chi connectivity index (χ4v) is 7.68. The van der Waals surface area contributed by atoms with Gasteiger partial charge in [0.15, 0.2) is 5.13 Å². The molecule has 2 N–H and O–H groups in total. The molecule has 1 aromatic heterocycles. The van der Waals surface area contributed by atoms with Crippen molar-refractivity contribution in [3.63, 3.8) is 0 Å². The van der Waals surface area contributed by atoms with Crippen LogP contribution in [-0.4, -0.2) is 40.8 Å². The van der Waals surface area contributed by atoms with Gasteiger partial charge in [0.25, 0.3) is 0 Å². The van der Waals surface area contributed by atoms with Crippen molar-refractivity contribution in [1.29, 1.82) is 0 Å². The number of amides is 2. The Kier molecular flexibility index (Phi) is 6.08. The molecule has 1 atom stereocenters. The maximum absolute atomic E-state index is 13.2. The zero-order valence-electron chi connectivity index (χ0n) is 18.7. The molecule has 4 aliphatic carbocycles. The normalized spacial score (nSPS) is 33.6. The third-order valence-electron chi connectivity index (χ3n) is 8.13. The van der Waals surface area contributed by atoms with E-state index in [9.17, 15) is 9.59 Å². The van der Waals surface area contributed by atoms with Crippen LogP contribution in [0.25, 0.3) is 0 Å². The Morgan fingerprint density at radius 1 is 1.10 bits per heavy atom. The summed E-state index contributed by atoms with van der Waals surface area (Å²) in [5, 5.41) is 8.65. The molecule has 0 spiro atoms. The average Bonchev–Trinajstić information content (AvgIpc) is 2.99. The molecule has 1 aromatic rings. The molecule has 4 saturated carbocycles. The van der Waals surface area contributed by atoms with Crippen LogP contribution in [0.4, 0.5) is 5.13 Å². The minimum Gasteiger partial charge on any atom is -0.344 e. The Hall–Kier alpha value is -1.47. The Bertz CT molecular complexity index is 779. The van der Waals surface area contributed by atoms with E-state index in [0.29, 0.717) is 5.13 Å². The molecular formula is C24H36N4O2S. The van der Waals surface area contributed by atoms with E-state index in [1.54, 1.807) is 6.92 Å². The molecule has 5 aliphatic rings. The molecule has 2 amide bonds. The van der Waals surface area contributed by atoms with E-state index >= 15 is 0 Å². The number of aromatic nitrogens is 1. The van der Waals surface area contributed by atoms with Crippen LogP contribution in [-0.2, 0) is 16.1 Å². The lowest BCUT2D eigenvalue weighted by Crippen LogP contribution is -2.56. The summed E-state index contributed by atoms with van der Waals surface area (Å²) in [5.41, 5.74) is 0.803. The first kappa shape index (κ1) is 21.4. The molecule has 6 rings (SSSR count). The van der Waals surface area contributed by atoms with Crippen molar-refractivity contribution < 1.29 is 9.59 Å². The molecule has 0 unspecified atom stereocenters. The highest BCUT2D eigenvalue weighted by atomic mass is 32.1. The predicted molar refractivity (Wildman–Crippen MR) is 123 cm³/mol. The molecule has 7 heteroatoms. The average molecular weight is 445 g/mol.